The van der Waals surface area contributed by atoms with Gasteiger partial charge in [-0.1, -0.05) is 37.2 Å². The van der Waals surface area contributed by atoms with Crippen molar-refractivity contribution in [3.05, 3.63) is 35.9 Å². The van der Waals surface area contributed by atoms with Gasteiger partial charge in [-0.25, -0.2) is 0 Å². The lowest BCUT2D eigenvalue weighted by Gasteiger charge is -2.16. The fourth-order valence-electron chi connectivity index (χ4n) is 1.36. The van der Waals surface area contributed by atoms with Gasteiger partial charge in [0, 0.05) is 12.6 Å². The van der Waals surface area contributed by atoms with Crippen molar-refractivity contribution >= 4 is 7.41 Å². The summed E-state index contributed by atoms with van der Waals surface area (Å²) in [5.41, 5.74) is 1.22. The topological polar surface area (TPSA) is 32.3 Å². The molecule has 0 fully saturated rings. The lowest BCUT2D eigenvalue weighted by atomic mass is 9.93. The van der Waals surface area contributed by atoms with Crippen LogP contribution in [-0.2, 0) is 0 Å². The predicted molar refractivity (Wildman–Crippen MR) is 55.6 cm³/mol. The Morgan fingerprint density at radius 3 is 2.62 bits per heavy atom. The molecule has 1 aromatic carbocycles. The standard InChI is InChI=1S/C10H15BNO/c1-11-12-10(7-8-13)9-5-3-2-4-6-9/h2-6,10,12-13H,7-8H2,1H3. The maximum absolute atomic E-state index is 8.87. The van der Waals surface area contributed by atoms with Gasteiger partial charge in [-0.05, 0) is 12.0 Å². The van der Waals surface area contributed by atoms with E-state index in [1.54, 1.807) is 0 Å². The molecule has 0 aliphatic carbocycles. The molecule has 13 heavy (non-hydrogen) atoms. The van der Waals surface area contributed by atoms with E-state index in [0.717, 1.165) is 6.42 Å². The van der Waals surface area contributed by atoms with Crippen LogP contribution in [0.25, 0.3) is 0 Å². The van der Waals surface area contributed by atoms with Crippen molar-refractivity contribution in [2.24, 2.45) is 0 Å². The minimum absolute atomic E-state index is 0.209. The first-order valence-electron chi connectivity index (χ1n) is 4.58. The number of aliphatic hydroxyl groups excluding tert-OH is 1. The zero-order chi connectivity index (χ0) is 9.52. The van der Waals surface area contributed by atoms with Gasteiger partial charge < -0.3 is 10.3 Å². The third-order valence-electron chi connectivity index (χ3n) is 1.99. The first kappa shape index (κ1) is 10.3. The molecule has 1 radical (unpaired) electrons. The van der Waals surface area contributed by atoms with Crippen LogP contribution >= 0.6 is 0 Å². The van der Waals surface area contributed by atoms with Crippen LogP contribution in [0.3, 0.4) is 0 Å². The monoisotopic (exact) mass is 176 g/mol. The Balaban J connectivity index is 2.64. The summed E-state index contributed by atoms with van der Waals surface area (Å²) in [6.45, 7) is 2.16. The Kier molecular flexibility index (Phi) is 4.58. The molecule has 2 nitrogen and oxygen atoms in total. The van der Waals surface area contributed by atoms with Crippen LogP contribution in [0.1, 0.15) is 18.0 Å². The van der Waals surface area contributed by atoms with E-state index in [0.29, 0.717) is 0 Å². The maximum Gasteiger partial charge on any atom is 0.202 e. The van der Waals surface area contributed by atoms with E-state index in [1.165, 1.54) is 5.56 Å². The van der Waals surface area contributed by atoms with Crippen LogP contribution in [0.15, 0.2) is 30.3 Å². The van der Waals surface area contributed by atoms with Gasteiger partial charge in [0.25, 0.3) is 0 Å². The molecule has 2 N–H and O–H groups in total. The van der Waals surface area contributed by atoms with E-state index in [-0.39, 0.29) is 12.6 Å². The van der Waals surface area contributed by atoms with Crippen molar-refractivity contribution < 1.29 is 5.11 Å². The molecule has 0 aromatic heterocycles. The van der Waals surface area contributed by atoms with Crippen molar-refractivity contribution in [3.63, 3.8) is 0 Å². The molecule has 1 rings (SSSR count). The van der Waals surface area contributed by atoms with Gasteiger partial charge in [0.15, 0.2) is 0 Å². The number of rotatable bonds is 5. The molecule has 0 bridgehead atoms. The van der Waals surface area contributed by atoms with Crippen LogP contribution in [0.5, 0.6) is 0 Å². The summed E-state index contributed by atoms with van der Waals surface area (Å²) in [4.78, 5) is 0. The van der Waals surface area contributed by atoms with Gasteiger partial charge in [0.05, 0.1) is 0 Å². The summed E-state index contributed by atoms with van der Waals surface area (Å²) in [6, 6.07) is 10.4. The van der Waals surface area contributed by atoms with Gasteiger partial charge in [-0.3, -0.25) is 0 Å². The molecule has 0 heterocycles. The Morgan fingerprint density at radius 1 is 1.38 bits per heavy atom. The van der Waals surface area contributed by atoms with Crippen LogP contribution in [-0.4, -0.2) is 19.1 Å². The van der Waals surface area contributed by atoms with Gasteiger partial charge in [-0.15, -0.1) is 0 Å². The summed E-state index contributed by atoms with van der Waals surface area (Å²) < 4.78 is 0. The van der Waals surface area contributed by atoms with Crippen molar-refractivity contribution in [2.45, 2.75) is 19.3 Å². The largest absolute Gasteiger partial charge is 0.396 e. The highest BCUT2D eigenvalue weighted by Crippen LogP contribution is 2.14. The van der Waals surface area contributed by atoms with Crippen LogP contribution in [0, 0.1) is 0 Å². The summed E-state index contributed by atoms with van der Waals surface area (Å²) >= 11 is 0. The fraction of sp³-hybridized carbons (Fsp3) is 0.400. The molecule has 69 valence electrons. The van der Waals surface area contributed by atoms with Crippen molar-refractivity contribution in [2.75, 3.05) is 6.61 Å². The Labute approximate surface area is 80.2 Å². The highest BCUT2D eigenvalue weighted by Gasteiger charge is 2.07. The minimum Gasteiger partial charge on any atom is -0.396 e. The summed E-state index contributed by atoms with van der Waals surface area (Å²) in [5, 5.41) is 12.1. The van der Waals surface area contributed by atoms with E-state index in [4.69, 9.17) is 5.11 Å². The second-order valence-electron chi connectivity index (χ2n) is 2.93. The molecule has 0 aliphatic heterocycles. The van der Waals surface area contributed by atoms with E-state index in [9.17, 15) is 0 Å². The summed E-state index contributed by atoms with van der Waals surface area (Å²) in [5.74, 6) is 0. The number of nitrogens with one attached hydrogen (secondary N) is 1. The minimum atomic E-state index is 0.209. The molecule has 0 spiro atoms. The molecule has 1 atom stereocenters. The Morgan fingerprint density at radius 2 is 2.08 bits per heavy atom. The molecule has 0 saturated carbocycles. The van der Waals surface area contributed by atoms with Crippen LogP contribution in [0.2, 0.25) is 6.82 Å². The SMILES string of the molecule is C[B]NC(CCO)c1ccccc1. The van der Waals surface area contributed by atoms with Crippen LogP contribution < -0.4 is 5.23 Å². The lowest BCUT2D eigenvalue weighted by molar-refractivity contribution is 0.273. The van der Waals surface area contributed by atoms with E-state index in [2.05, 4.69) is 17.4 Å². The molecule has 1 aromatic rings. The smallest absolute Gasteiger partial charge is 0.202 e. The van der Waals surface area contributed by atoms with E-state index < -0.39 is 0 Å². The molecular weight excluding hydrogens is 161 g/mol. The van der Waals surface area contributed by atoms with Gasteiger partial charge in [-0.2, -0.15) is 0 Å². The maximum atomic E-state index is 8.87. The first-order chi connectivity index (χ1) is 6.38. The average molecular weight is 176 g/mol. The molecule has 0 saturated heterocycles. The third kappa shape index (κ3) is 3.21. The normalized spacial score (nSPS) is 12.5. The van der Waals surface area contributed by atoms with Crippen molar-refractivity contribution in [3.8, 4) is 0 Å². The second kappa shape index (κ2) is 5.78. The lowest BCUT2D eigenvalue weighted by Crippen LogP contribution is -2.24. The van der Waals surface area contributed by atoms with E-state index >= 15 is 0 Å². The summed E-state index contributed by atoms with van der Waals surface area (Å²) in [6.07, 6.45) is 0.744. The first-order valence-corrected chi connectivity index (χ1v) is 4.58. The van der Waals surface area contributed by atoms with Crippen LogP contribution in [0.4, 0.5) is 0 Å². The van der Waals surface area contributed by atoms with Crippen molar-refractivity contribution in [1.29, 1.82) is 0 Å². The zero-order valence-corrected chi connectivity index (χ0v) is 7.90. The third-order valence-corrected chi connectivity index (χ3v) is 1.99. The molecule has 1 unspecified atom stereocenters. The van der Waals surface area contributed by atoms with E-state index in [1.807, 2.05) is 32.4 Å². The Hall–Kier alpha value is -0.795. The Bertz CT molecular complexity index is 222. The highest BCUT2D eigenvalue weighted by molar-refractivity contribution is 6.30. The molecule has 0 amide bonds. The predicted octanol–water partition coefficient (Wildman–Crippen LogP) is 1.37. The van der Waals surface area contributed by atoms with Gasteiger partial charge in [0.2, 0.25) is 7.41 Å². The molecule has 0 aliphatic rings. The quantitative estimate of drug-likeness (QED) is 0.664. The molecular formula is C10H15BNO. The second-order valence-corrected chi connectivity index (χ2v) is 2.93. The average Bonchev–Trinajstić information content (AvgIpc) is 2.19. The fourth-order valence-corrected chi connectivity index (χ4v) is 1.36. The summed E-state index contributed by atoms with van der Waals surface area (Å²) in [7, 11) is 1.91. The highest BCUT2D eigenvalue weighted by atomic mass is 16.3. The number of hydrogen-bond donors (Lipinski definition) is 2. The zero-order valence-electron chi connectivity index (χ0n) is 7.90. The number of aliphatic hydroxyl groups is 1. The van der Waals surface area contributed by atoms with Crippen molar-refractivity contribution in [1.82, 2.24) is 5.23 Å². The molecule has 3 heteroatoms. The van der Waals surface area contributed by atoms with Gasteiger partial charge in [0.1, 0.15) is 0 Å². The van der Waals surface area contributed by atoms with Gasteiger partial charge >= 0.3 is 0 Å². The number of benzene rings is 1. The number of hydrogen-bond acceptors (Lipinski definition) is 2.